The van der Waals surface area contributed by atoms with Crippen molar-refractivity contribution in [2.75, 3.05) is 18.5 Å². The van der Waals surface area contributed by atoms with Gasteiger partial charge in [-0.3, -0.25) is 5.32 Å². The van der Waals surface area contributed by atoms with E-state index >= 15 is 0 Å². The van der Waals surface area contributed by atoms with Crippen LogP contribution in [0, 0.1) is 11.3 Å². The minimum Gasteiger partial charge on any atom is -0.486 e. The number of hydrogen-bond donors (Lipinski definition) is 1. The van der Waals surface area contributed by atoms with Crippen molar-refractivity contribution in [1.29, 1.82) is 0 Å². The van der Waals surface area contributed by atoms with Crippen LogP contribution in [0.2, 0.25) is 0 Å². The van der Waals surface area contributed by atoms with E-state index < -0.39 is 6.09 Å². The van der Waals surface area contributed by atoms with Gasteiger partial charge in [-0.05, 0) is 49.1 Å². The van der Waals surface area contributed by atoms with Gasteiger partial charge in [-0.15, -0.1) is 0 Å². The van der Waals surface area contributed by atoms with E-state index in [9.17, 15) is 4.79 Å². The number of amides is 1. The second-order valence-electron chi connectivity index (χ2n) is 8.92. The Labute approximate surface area is 165 Å². The maximum atomic E-state index is 12.3. The minimum atomic E-state index is -0.606. The molecule has 0 aromatic heterocycles. The van der Waals surface area contributed by atoms with Crippen molar-refractivity contribution in [3.63, 3.8) is 0 Å². The van der Waals surface area contributed by atoms with E-state index in [1.807, 2.05) is 0 Å². The molecule has 1 aromatic rings. The Morgan fingerprint density at radius 3 is 2.71 bits per heavy atom. The van der Waals surface area contributed by atoms with Crippen molar-refractivity contribution < 1.29 is 23.8 Å². The maximum absolute atomic E-state index is 12.3. The van der Waals surface area contributed by atoms with Crippen LogP contribution in [-0.4, -0.2) is 30.8 Å². The zero-order valence-corrected chi connectivity index (χ0v) is 16.7. The topological polar surface area (TPSA) is 78.4 Å². The number of ether oxygens (including phenoxy) is 3. The fourth-order valence-electron chi connectivity index (χ4n) is 4.24. The number of oxime groups is 1. The van der Waals surface area contributed by atoms with Gasteiger partial charge in [0.05, 0.1) is 12.1 Å². The monoisotopic (exact) mass is 388 g/mol. The van der Waals surface area contributed by atoms with Crippen LogP contribution in [0.15, 0.2) is 23.4 Å². The van der Waals surface area contributed by atoms with Gasteiger partial charge in [0, 0.05) is 0 Å². The number of rotatable bonds is 1. The van der Waals surface area contributed by atoms with Gasteiger partial charge in [0.25, 0.3) is 0 Å². The fraction of sp³-hybridized carbons (Fsp3) is 0.619. The summed E-state index contributed by atoms with van der Waals surface area (Å²) in [6, 6.07) is 5.34. The summed E-state index contributed by atoms with van der Waals surface area (Å²) < 4.78 is 16.5. The van der Waals surface area contributed by atoms with Gasteiger partial charge in [-0.2, -0.15) is 0 Å². The van der Waals surface area contributed by atoms with E-state index in [-0.39, 0.29) is 5.60 Å². The van der Waals surface area contributed by atoms with E-state index in [0.29, 0.717) is 54.1 Å². The summed E-state index contributed by atoms with van der Waals surface area (Å²) in [6.07, 6.45) is 4.00. The van der Waals surface area contributed by atoms with Gasteiger partial charge in [-0.25, -0.2) is 4.79 Å². The molecule has 1 spiro atoms. The van der Waals surface area contributed by atoms with Crippen molar-refractivity contribution in [3.05, 3.63) is 18.2 Å². The quantitative estimate of drug-likeness (QED) is 0.753. The molecular formula is C21H28N2O5. The normalized spacial score (nSPS) is 26.4. The molecule has 1 fully saturated rings. The van der Waals surface area contributed by atoms with Gasteiger partial charge in [0.2, 0.25) is 5.90 Å². The Morgan fingerprint density at radius 1 is 1.21 bits per heavy atom. The minimum absolute atomic E-state index is 0.306. The number of benzene rings is 1. The Kier molecular flexibility index (Phi) is 4.85. The molecule has 0 bridgehead atoms. The fourth-order valence-corrected chi connectivity index (χ4v) is 4.24. The molecule has 7 nitrogen and oxygen atoms in total. The molecule has 2 aliphatic heterocycles. The Hall–Kier alpha value is -2.44. The summed E-state index contributed by atoms with van der Waals surface area (Å²) in [7, 11) is 0. The molecule has 0 unspecified atom stereocenters. The van der Waals surface area contributed by atoms with Crippen LogP contribution in [0.5, 0.6) is 11.5 Å². The lowest BCUT2D eigenvalue weighted by molar-refractivity contribution is -0.0640. The molecule has 152 valence electrons. The summed E-state index contributed by atoms with van der Waals surface area (Å²) in [6.45, 7) is 7.80. The highest BCUT2D eigenvalue weighted by Gasteiger charge is 2.45. The van der Waals surface area contributed by atoms with Crippen LogP contribution in [0.25, 0.3) is 0 Å². The highest BCUT2D eigenvalue weighted by Crippen LogP contribution is 2.46. The molecule has 4 rings (SSSR count). The van der Waals surface area contributed by atoms with Gasteiger partial charge in [0.15, 0.2) is 11.5 Å². The first-order valence-corrected chi connectivity index (χ1v) is 9.97. The SMILES string of the molecule is CC(C)(C)C1CCC2(CC1)CC(OC(=O)Nc1cccc3c1OCCO3)=NO2. The lowest BCUT2D eigenvalue weighted by Crippen LogP contribution is -2.38. The summed E-state index contributed by atoms with van der Waals surface area (Å²) in [5.41, 5.74) is 0.503. The summed E-state index contributed by atoms with van der Waals surface area (Å²) >= 11 is 0. The van der Waals surface area contributed by atoms with Crippen molar-refractivity contribution in [2.45, 2.75) is 58.5 Å². The van der Waals surface area contributed by atoms with Gasteiger partial charge in [0.1, 0.15) is 18.8 Å². The lowest BCUT2D eigenvalue weighted by Gasteiger charge is -2.40. The number of carbonyl (C=O) groups is 1. The average molecular weight is 388 g/mol. The Morgan fingerprint density at radius 2 is 1.96 bits per heavy atom. The largest absolute Gasteiger partial charge is 0.486 e. The third-order valence-electron chi connectivity index (χ3n) is 5.95. The third-order valence-corrected chi connectivity index (χ3v) is 5.95. The molecule has 28 heavy (non-hydrogen) atoms. The van der Waals surface area contributed by atoms with Crippen LogP contribution in [0.3, 0.4) is 0 Å². The molecule has 1 saturated carbocycles. The highest BCUT2D eigenvalue weighted by atomic mass is 16.7. The number of hydrogen-bond acceptors (Lipinski definition) is 6. The summed E-state index contributed by atoms with van der Waals surface area (Å²) in [4.78, 5) is 18.1. The van der Waals surface area contributed by atoms with E-state index in [4.69, 9.17) is 19.0 Å². The predicted octanol–water partition coefficient (Wildman–Crippen LogP) is 4.72. The molecule has 0 radical (unpaired) electrons. The maximum Gasteiger partial charge on any atom is 0.418 e. The standard InChI is InChI=1S/C21H28N2O5/c1-20(2,3)14-7-9-21(10-8-14)13-17(23-28-21)27-19(24)22-15-5-4-6-16-18(15)26-12-11-25-16/h4-6,14H,7-13H2,1-3H3,(H,22,24). The van der Waals surface area contributed by atoms with Crippen LogP contribution >= 0.6 is 0 Å². The Bertz CT molecular complexity index is 775. The summed E-state index contributed by atoms with van der Waals surface area (Å²) in [5, 5.41) is 6.76. The first-order chi connectivity index (χ1) is 13.3. The second-order valence-corrected chi connectivity index (χ2v) is 8.92. The summed E-state index contributed by atoms with van der Waals surface area (Å²) in [5.74, 6) is 2.14. The number of fused-ring (bicyclic) bond motifs is 1. The van der Waals surface area contributed by atoms with Gasteiger partial charge >= 0.3 is 6.09 Å². The van der Waals surface area contributed by atoms with Crippen LogP contribution in [0.4, 0.5) is 10.5 Å². The molecule has 3 aliphatic rings. The van der Waals surface area contributed by atoms with E-state index in [0.717, 1.165) is 25.7 Å². The number of para-hydroxylation sites is 1. The number of anilines is 1. The van der Waals surface area contributed by atoms with E-state index in [1.165, 1.54) is 0 Å². The van der Waals surface area contributed by atoms with Crippen molar-refractivity contribution in [2.24, 2.45) is 16.5 Å². The Balaban J connectivity index is 1.32. The van der Waals surface area contributed by atoms with Crippen molar-refractivity contribution >= 4 is 17.7 Å². The molecule has 0 atom stereocenters. The van der Waals surface area contributed by atoms with Crippen LogP contribution in [0.1, 0.15) is 52.9 Å². The van der Waals surface area contributed by atoms with Gasteiger partial charge < -0.3 is 19.0 Å². The number of nitrogens with zero attached hydrogens (tertiary/aromatic N) is 1. The van der Waals surface area contributed by atoms with Gasteiger partial charge in [-0.1, -0.05) is 32.0 Å². The average Bonchev–Trinajstić information content (AvgIpc) is 3.03. The number of carbonyl (C=O) groups excluding carboxylic acids is 1. The smallest absolute Gasteiger partial charge is 0.418 e. The molecule has 0 saturated heterocycles. The highest BCUT2D eigenvalue weighted by molar-refractivity contribution is 5.96. The molecule has 1 N–H and O–H groups in total. The van der Waals surface area contributed by atoms with E-state index in [1.54, 1.807) is 18.2 Å². The van der Waals surface area contributed by atoms with Crippen molar-refractivity contribution in [3.8, 4) is 11.5 Å². The molecule has 1 aromatic carbocycles. The zero-order valence-electron chi connectivity index (χ0n) is 16.7. The predicted molar refractivity (Wildman–Crippen MR) is 105 cm³/mol. The lowest BCUT2D eigenvalue weighted by atomic mass is 9.68. The molecule has 1 amide bonds. The van der Waals surface area contributed by atoms with Crippen LogP contribution in [-0.2, 0) is 9.57 Å². The molecule has 7 heteroatoms. The first-order valence-electron chi connectivity index (χ1n) is 9.97. The molecule has 1 aliphatic carbocycles. The van der Waals surface area contributed by atoms with E-state index in [2.05, 4.69) is 31.2 Å². The number of nitrogens with one attached hydrogen (secondary N) is 1. The van der Waals surface area contributed by atoms with Crippen molar-refractivity contribution in [1.82, 2.24) is 0 Å². The first kappa shape index (κ1) is 18.9. The van der Waals surface area contributed by atoms with Crippen LogP contribution < -0.4 is 14.8 Å². The second kappa shape index (κ2) is 7.18. The molecular weight excluding hydrogens is 360 g/mol. The third kappa shape index (κ3) is 3.88. The zero-order chi connectivity index (χ0) is 19.8. The molecule has 2 heterocycles.